The van der Waals surface area contributed by atoms with Gasteiger partial charge in [0.2, 0.25) is 0 Å². The first kappa shape index (κ1) is 9.58. The third-order valence-corrected chi connectivity index (χ3v) is 2.47. The smallest absolute Gasteiger partial charge is 0.348 e. The van der Waals surface area contributed by atoms with E-state index in [1.54, 1.807) is 4.57 Å². The van der Waals surface area contributed by atoms with E-state index in [1.165, 1.54) is 12.3 Å². The molecule has 0 fully saturated rings. The van der Waals surface area contributed by atoms with Gasteiger partial charge < -0.3 is 4.57 Å². The molecule has 0 saturated carbocycles. The molecule has 5 heteroatoms. The average molecular weight is 204 g/mol. The largest absolute Gasteiger partial charge is 0.417 e. The lowest BCUT2D eigenvalue weighted by atomic mass is 10.3. The molecule has 14 heavy (non-hydrogen) atoms. The highest BCUT2D eigenvalue weighted by atomic mass is 19.4. The van der Waals surface area contributed by atoms with Gasteiger partial charge in [-0.05, 0) is 13.1 Å². The molecule has 0 atom stereocenters. The lowest BCUT2D eigenvalue weighted by molar-refractivity contribution is -0.137. The van der Waals surface area contributed by atoms with Crippen LogP contribution in [0.1, 0.15) is 11.3 Å². The molecule has 1 aliphatic rings. The second-order valence-electron chi connectivity index (χ2n) is 3.65. The fraction of sp³-hybridized carbons (Fsp3) is 0.556. The van der Waals surface area contributed by atoms with Gasteiger partial charge in [0.1, 0.15) is 0 Å². The maximum absolute atomic E-state index is 12.3. The van der Waals surface area contributed by atoms with Crippen LogP contribution in [0.2, 0.25) is 0 Å². The van der Waals surface area contributed by atoms with Gasteiger partial charge in [-0.2, -0.15) is 13.2 Å². The molecular formula is C9H11F3N2. The van der Waals surface area contributed by atoms with E-state index >= 15 is 0 Å². The Labute approximate surface area is 79.9 Å². The molecule has 0 amide bonds. The molecule has 0 radical (unpaired) electrons. The molecule has 2 rings (SSSR count). The summed E-state index contributed by atoms with van der Waals surface area (Å²) in [5.74, 6) is 0. The molecular weight excluding hydrogens is 193 g/mol. The van der Waals surface area contributed by atoms with Gasteiger partial charge >= 0.3 is 6.18 Å². The van der Waals surface area contributed by atoms with Gasteiger partial charge in [-0.3, -0.25) is 4.90 Å². The third kappa shape index (κ3) is 1.64. The summed E-state index contributed by atoms with van der Waals surface area (Å²) < 4.78 is 38.7. The van der Waals surface area contributed by atoms with Crippen molar-refractivity contribution in [3.63, 3.8) is 0 Å². The van der Waals surface area contributed by atoms with Crippen LogP contribution in [0.3, 0.4) is 0 Å². The first-order valence-corrected chi connectivity index (χ1v) is 4.41. The van der Waals surface area contributed by atoms with Crippen LogP contribution in [-0.2, 0) is 19.3 Å². The molecule has 0 bridgehead atoms. The highest BCUT2D eigenvalue weighted by Gasteiger charge is 2.33. The Kier molecular flexibility index (Phi) is 2.06. The van der Waals surface area contributed by atoms with Crippen LogP contribution in [0.25, 0.3) is 0 Å². The quantitative estimate of drug-likeness (QED) is 0.627. The summed E-state index contributed by atoms with van der Waals surface area (Å²) in [6, 6.07) is 1.23. The van der Waals surface area contributed by atoms with E-state index in [9.17, 15) is 13.2 Å². The predicted molar refractivity (Wildman–Crippen MR) is 45.8 cm³/mol. The number of rotatable bonds is 0. The van der Waals surface area contributed by atoms with Crippen LogP contribution in [0.4, 0.5) is 13.2 Å². The molecule has 1 aromatic heterocycles. The zero-order valence-electron chi connectivity index (χ0n) is 7.80. The van der Waals surface area contributed by atoms with E-state index in [4.69, 9.17) is 0 Å². The Hall–Kier alpha value is -0.970. The molecule has 1 aliphatic heterocycles. The van der Waals surface area contributed by atoms with Gasteiger partial charge in [-0.1, -0.05) is 0 Å². The van der Waals surface area contributed by atoms with E-state index in [0.29, 0.717) is 13.1 Å². The first-order valence-electron chi connectivity index (χ1n) is 4.41. The summed E-state index contributed by atoms with van der Waals surface area (Å²) in [4.78, 5) is 2.01. The van der Waals surface area contributed by atoms with Crippen LogP contribution in [0, 0.1) is 0 Å². The molecule has 0 aromatic carbocycles. The van der Waals surface area contributed by atoms with Crippen molar-refractivity contribution in [3.8, 4) is 0 Å². The summed E-state index contributed by atoms with van der Waals surface area (Å²) >= 11 is 0. The molecule has 2 heterocycles. The van der Waals surface area contributed by atoms with Crippen molar-refractivity contribution in [1.82, 2.24) is 9.47 Å². The number of halogens is 3. The minimum Gasteiger partial charge on any atom is -0.348 e. The van der Waals surface area contributed by atoms with Crippen LogP contribution in [-0.4, -0.2) is 23.1 Å². The number of aromatic nitrogens is 1. The van der Waals surface area contributed by atoms with E-state index in [1.807, 2.05) is 11.9 Å². The SMILES string of the molecule is CN1CCn2cc(C(F)(F)F)cc2C1. The molecule has 0 spiro atoms. The standard InChI is InChI=1S/C9H11F3N2/c1-13-2-3-14-5-7(9(10,11)12)4-8(14)6-13/h4-5H,2-3,6H2,1H3. The Bertz CT molecular complexity index is 340. The van der Waals surface area contributed by atoms with Gasteiger partial charge in [-0.25, -0.2) is 0 Å². The van der Waals surface area contributed by atoms with Crippen molar-refractivity contribution in [1.29, 1.82) is 0 Å². The molecule has 0 saturated heterocycles. The van der Waals surface area contributed by atoms with E-state index in [-0.39, 0.29) is 0 Å². The zero-order chi connectivity index (χ0) is 10.3. The van der Waals surface area contributed by atoms with E-state index in [0.717, 1.165) is 12.2 Å². The summed E-state index contributed by atoms with van der Waals surface area (Å²) in [6.45, 7) is 2.04. The number of fused-ring (bicyclic) bond motifs is 1. The minimum atomic E-state index is -4.22. The van der Waals surface area contributed by atoms with Crippen molar-refractivity contribution in [2.24, 2.45) is 0 Å². The fourth-order valence-corrected chi connectivity index (χ4v) is 1.68. The second-order valence-corrected chi connectivity index (χ2v) is 3.65. The van der Waals surface area contributed by atoms with Gasteiger partial charge in [0.15, 0.2) is 0 Å². The molecule has 1 aromatic rings. The Balaban J connectivity index is 2.32. The molecule has 2 nitrogen and oxygen atoms in total. The van der Waals surface area contributed by atoms with Gasteiger partial charge in [-0.15, -0.1) is 0 Å². The van der Waals surface area contributed by atoms with Gasteiger partial charge in [0.05, 0.1) is 5.56 Å². The molecule has 0 aliphatic carbocycles. The maximum Gasteiger partial charge on any atom is 0.417 e. The van der Waals surface area contributed by atoms with Crippen LogP contribution < -0.4 is 0 Å². The number of likely N-dealkylation sites (N-methyl/N-ethyl adjacent to an activating group) is 1. The topological polar surface area (TPSA) is 8.17 Å². The van der Waals surface area contributed by atoms with Crippen LogP contribution in [0.5, 0.6) is 0 Å². The van der Waals surface area contributed by atoms with Crippen molar-refractivity contribution in [2.45, 2.75) is 19.3 Å². The van der Waals surface area contributed by atoms with Crippen LogP contribution in [0.15, 0.2) is 12.3 Å². The Morgan fingerprint density at radius 1 is 1.29 bits per heavy atom. The summed E-state index contributed by atoms with van der Waals surface area (Å²) in [5.41, 5.74) is 0.203. The number of hydrogen-bond donors (Lipinski definition) is 0. The lowest BCUT2D eigenvalue weighted by Crippen LogP contribution is -2.29. The third-order valence-electron chi connectivity index (χ3n) is 2.47. The minimum absolute atomic E-state index is 0.539. The normalized spacial score (nSPS) is 18.3. The number of nitrogens with zero attached hydrogens (tertiary/aromatic N) is 2. The van der Waals surface area contributed by atoms with E-state index < -0.39 is 11.7 Å². The van der Waals surface area contributed by atoms with E-state index in [2.05, 4.69) is 0 Å². The van der Waals surface area contributed by atoms with Crippen molar-refractivity contribution >= 4 is 0 Å². The Morgan fingerprint density at radius 3 is 2.64 bits per heavy atom. The second kappa shape index (κ2) is 3.02. The lowest BCUT2D eigenvalue weighted by Gasteiger charge is -2.24. The molecule has 78 valence electrons. The number of alkyl halides is 3. The zero-order valence-corrected chi connectivity index (χ0v) is 7.80. The van der Waals surface area contributed by atoms with Crippen LogP contribution >= 0.6 is 0 Å². The van der Waals surface area contributed by atoms with Crippen molar-refractivity contribution < 1.29 is 13.2 Å². The monoisotopic (exact) mass is 204 g/mol. The summed E-state index contributed by atoms with van der Waals surface area (Å²) in [6.07, 6.45) is -3.02. The number of hydrogen-bond acceptors (Lipinski definition) is 1. The fourth-order valence-electron chi connectivity index (χ4n) is 1.68. The van der Waals surface area contributed by atoms with Gasteiger partial charge in [0, 0.05) is 31.5 Å². The highest BCUT2D eigenvalue weighted by molar-refractivity contribution is 5.22. The Morgan fingerprint density at radius 2 is 2.00 bits per heavy atom. The predicted octanol–water partition coefficient (Wildman–Crippen LogP) is 1.95. The molecule has 0 unspecified atom stereocenters. The maximum atomic E-state index is 12.3. The average Bonchev–Trinajstić information content (AvgIpc) is 2.45. The van der Waals surface area contributed by atoms with Crippen molar-refractivity contribution in [3.05, 3.63) is 23.5 Å². The summed E-state index contributed by atoms with van der Waals surface area (Å²) in [5, 5.41) is 0. The molecule has 0 N–H and O–H groups in total. The van der Waals surface area contributed by atoms with Gasteiger partial charge in [0.25, 0.3) is 0 Å². The highest BCUT2D eigenvalue weighted by Crippen LogP contribution is 2.31. The van der Waals surface area contributed by atoms with Crippen molar-refractivity contribution in [2.75, 3.05) is 13.6 Å². The first-order chi connectivity index (χ1) is 6.47. The summed E-state index contributed by atoms with van der Waals surface area (Å²) in [7, 11) is 1.91.